The maximum absolute atomic E-state index is 14.0. The highest BCUT2D eigenvalue weighted by atomic mass is 35.5. The van der Waals surface area contributed by atoms with Crippen LogP contribution in [-0.4, -0.2) is 44.4 Å². The number of aromatic nitrogens is 2. The molecule has 1 unspecified atom stereocenters. The number of nitrogens with two attached hydrogens (primary N) is 1. The van der Waals surface area contributed by atoms with Crippen LogP contribution < -0.4 is 5.73 Å². The molecule has 2 aliphatic heterocycles. The number of carbonyl (C=O) groups is 1. The van der Waals surface area contributed by atoms with Crippen LogP contribution in [0.1, 0.15) is 29.3 Å². The summed E-state index contributed by atoms with van der Waals surface area (Å²) in [5, 5.41) is 13.2. The molecule has 1 aromatic carbocycles. The quantitative estimate of drug-likeness (QED) is 0.793. The molecule has 2 aliphatic rings. The normalized spacial score (nSPS) is 24.6. The molecule has 0 radical (unpaired) electrons. The first kappa shape index (κ1) is 20.7. The fourth-order valence-electron chi connectivity index (χ4n) is 3.86. The first-order chi connectivity index (χ1) is 12.9. The molecule has 7 nitrogen and oxygen atoms in total. The van der Waals surface area contributed by atoms with Crippen LogP contribution in [0.3, 0.4) is 0 Å². The van der Waals surface area contributed by atoms with Crippen molar-refractivity contribution in [1.29, 1.82) is 0 Å². The molecule has 1 aromatic heterocycles. The minimum absolute atomic E-state index is 0. The Hall–Kier alpha value is -2.07. The van der Waals surface area contributed by atoms with Crippen LogP contribution in [0.25, 0.3) is 0 Å². The molecular weight excluding hydrogens is 394 g/mol. The fourth-order valence-corrected chi connectivity index (χ4v) is 3.86. The van der Waals surface area contributed by atoms with Crippen molar-refractivity contribution >= 4 is 18.4 Å². The van der Waals surface area contributed by atoms with Gasteiger partial charge in [0, 0.05) is 42.5 Å². The summed E-state index contributed by atoms with van der Waals surface area (Å²) in [4.78, 5) is 13.0. The number of carboxylic acids is 1. The van der Waals surface area contributed by atoms with Crippen LogP contribution >= 0.6 is 12.4 Å². The number of nitrogens with zero attached hydrogens (tertiary/aromatic N) is 3. The topological polar surface area (TPSA) is 93.6 Å². The zero-order valence-corrected chi connectivity index (χ0v) is 15.7. The summed E-state index contributed by atoms with van der Waals surface area (Å²) in [6.45, 7) is 1.41. The van der Waals surface area contributed by atoms with Gasteiger partial charge in [-0.05, 0) is 24.6 Å². The number of hydrogen-bond donors (Lipinski definition) is 2. The van der Waals surface area contributed by atoms with E-state index in [0.717, 1.165) is 29.5 Å². The average molecular weight is 415 g/mol. The number of ether oxygens (including phenoxy) is 1. The molecule has 0 amide bonds. The predicted octanol–water partition coefficient (Wildman–Crippen LogP) is 1.84. The van der Waals surface area contributed by atoms with Crippen LogP contribution in [0.4, 0.5) is 8.78 Å². The number of aliphatic carboxylic acids is 1. The summed E-state index contributed by atoms with van der Waals surface area (Å²) in [7, 11) is 0. The lowest BCUT2D eigenvalue weighted by atomic mass is 9.93. The molecule has 10 heteroatoms. The summed E-state index contributed by atoms with van der Waals surface area (Å²) in [6.07, 6.45) is 1.65. The first-order valence-electron chi connectivity index (χ1n) is 8.74. The van der Waals surface area contributed by atoms with E-state index >= 15 is 0 Å². The van der Waals surface area contributed by atoms with E-state index in [4.69, 9.17) is 15.6 Å². The molecule has 3 N–H and O–H groups in total. The van der Waals surface area contributed by atoms with Crippen molar-refractivity contribution in [1.82, 2.24) is 14.7 Å². The molecule has 0 aliphatic carbocycles. The van der Waals surface area contributed by atoms with E-state index in [1.54, 1.807) is 6.20 Å². The second-order valence-electron chi connectivity index (χ2n) is 7.07. The maximum atomic E-state index is 14.0. The second kappa shape index (κ2) is 8.12. The molecule has 1 saturated heterocycles. The Balaban J connectivity index is 0.00000225. The van der Waals surface area contributed by atoms with E-state index in [2.05, 4.69) is 10.00 Å². The van der Waals surface area contributed by atoms with Gasteiger partial charge in [0.1, 0.15) is 24.3 Å². The Morgan fingerprint density at radius 1 is 1.36 bits per heavy atom. The predicted molar refractivity (Wildman–Crippen MR) is 97.8 cm³/mol. The summed E-state index contributed by atoms with van der Waals surface area (Å²) in [5.74, 6) is -1.98. The molecule has 0 saturated carbocycles. The van der Waals surface area contributed by atoms with Crippen molar-refractivity contribution in [2.75, 3.05) is 6.61 Å². The van der Waals surface area contributed by atoms with Gasteiger partial charge in [-0.3, -0.25) is 14.4 Å². The Morgan fingerprint density at radius 2 is 2.14 bits per heavy atom. The molecule has 0 spiro atoms. The highest BCUT2D eigenvalue weighted by Crippen LogP contribution is 2.33. The van der Waals surface area contributed by atoms with Crippen LogP contribution in [0.5, 0.6) is 0 Å². The largest absolute Gasteiger partial charge is 0.480 e. The number of halogens is 3. The van der Waals surface area contributed by atoms with Gasteiger partial charge in [-0.2, -0.15) is 5.10 Å². The monoisotopic (exact) mass is 414 g/mol. The Kier molecular flexibility index (Phi) is 5.99. The third-order valence-corrected chi connectivity index (χ3v) is 5.13. The third-order valence-electron chi connectivity index (χ3n) is 5.13. The number of hydrogen-bond acceptors (Lipinski definition) is 5. The SMILES string of the molecule is Cl.N[C@H]1C[C@@H](N2Cc3cn(CC(=O)O)nc3C2)COC1c1cc(F)ccc1F. The number of carboxylic acid groups (broad SMARTS) is 1. The molecule has 4 rings (SSSR count). The van der Waals surface area contributed by atoms with Gasteiger partial charge in [0.25, 0.3) is 0 Å². The van der Waals surface area contributed by atoms with E-state index in [-0.39, 0.29) is 30.6 Å². The highest BCUT2D eigenvalue weighted by Gasteiger charge is 2.37. The van der Waals surface area contributed by atoms with Gasteiger partial charge < -0.3 is 15.6 Å². The standard InChI is InChI=1S/C18H20F2N4O3.ClH/c19-11-1-2-14(20)13(3-11)18-15(21)4-12(9-27-18)23-5-10-6-24(8-17(25)26)22-16(10)7-23;/h1-3,6,12,15,18H,4-5,7-9,21H2,(H,25,26);1H/t12-,15+,18?;/m1./s1. The van der Waals surface area contributed by atoms with Crippen molar-refractivity contribution in [3.63, 3.8) is 0 Å². The molecule has 28 heavy (non-hydrogen) atoms. The van der Waals surface area contributed by atoms with Crippen LogP contribution in [-0.2, 0) is 29.2 Å². The second-order valence-corrected chi connectivity index (χ2v) is 7.07. The van der Waals surface area contributed by atoms with Gasteiger partial charge >= 0.3 is 5.97 Å². The number of benzene rings is 1. The van der Waals surface area contributed by atoms with Crippen LogP contribution in [0, 0.1) is 11.6 Å². The Bertz CT molecular complexity index is 855. The Morgan fingerprint density at radius 3 is 2.82 bits per heavy atom. The van der Waals surface area contributed by atoms with Gasteiger partial charge in [-0.15, -0.1) is 12.4 Å². The summed E-state index contributed by atoms with van der Waals surface area (Å²) < 4.78 is 34.7. The average Bonchev–Trinajstić information content (AvgIpc) is 3.15. The van der Waals surface area contributed by atoms with Crippen LogP contribution in [0.2, 0.25) is 0 Å². The van der Waals surface area contributed by atoms with Crippen molar-refractivity contribution in [2.45, 2.75) is 44.2 Å². The zero-order chi connectivity index (χ0) is 19.1. The molecule has 3 heterocycles. The number of rotatable bonds is 4. The Labute approximate surface area is 166 Å². The highest BCUT2D eigenvalue weighted by molar-refractivity contribution is 5.85. The lowest BCUT2D eigenvalue weighted by molar-refractivity contribution is -0.137. The minimum Gasteiger partial charge on any atom is -0.480 e. The van der Waals surface area contributed by atoms with Gasteiger partial charge in [-0.1, -0.05) is 0 Å². The third kappa shape index (κ3) is 4.02. The number of fused-ring (bicyclic) bond motifs is 1. The van der Waals surface area contributed by atoms with Crippen molar-refractivity contribution in [3.05, 3.63) is 52.9 Å². The van der Waals surface area contributed by atoms with E-state index in [1.807, 2.05) is 0 Å². The molecule has 1 fully saturated rings. The van der Waals surface area contributed by atoms with Crippen molar-refractivity contribution in [2.24, 2.45) is 5.73 Å². The zero-order valence-electron chi connectivity index (χ0n) is 14.9. The summed E-state index contributed by atoms with van der Waals surface area (Å²) in [6, 6.07) is 2.87. The van der Waals surface area contributed by atoms with E-state index < -0.39 is 29.7 Å². The fraction of sp³-hybridized carbons (Fsp3) is 0.444. The van der Waals surface area contributed by atoms with Gasteiger partial charge in [0.05, 0.1) is 12.3 Å². The molecular formula is C18H21ClF2N4O3. The summed E-state index contributed by atoms with van der Waals surface area (Å²) in [5.41, 5.74) is 8.21. The van der Waals surface area contributed by atoms with E-state index in [1.165, 1.54) is 4.68 Å². The molecule has 152 valence electrons. The van der Waals surface area contributed by atoms with Crippen molar-refractivity contribution in [3.8, 4) is 0 Å². The maximum Gasteiger partial charge on any atom is 0.325 e. The van der Waals surface area contributed by atoms with Gasteiger partial charge in [0.2, 0.25) is 0 Å². The van der Waals surface area contributed by atoms with E-state index in [0.29, 0.717) is 26.1 Å². The molecule has 0 bridgehead atoms. The molecule has 2 aromatic rings. The van der Waals surface area contributed by atoms with Crippen LogP contribution in [0.15, 0.2) is 24.4 Å². The smallest absolute Gasteiger partial charge is 0.325 e. The lowest BCUT2D eigenvalue weighted by Gasteiger charge is -2.38. The van der Waals surface area contributed by atoms with Crippen molar-refractivity contribution < 1.29 is 23.4 Å². The minimum atomic E-state index is -0.935. The van der Waals surface area contributed by atoms with Gasteiger partial charge in [0.15, 0.2) is 0 Å². The summed E-state index contributed by atoms with van der Waals surface area (Å²) >= 11 is 0. The van der Waals surface area contributed by atoms with Gasteiger partial charge in [-0.25, -0.2) is 8.78 Å². The van der Waals surface area contributed by atoms with E-state index in [9.17, 15) is 13.6 Å². The molecule has 3 atom stereocenters. The first-order valence-corrected chi connectivity index (χ1v) is 8.74. The lowest BCUT2D eigenvalue weighted by Crippen LogP contribution is -2.47.